The van der Waals surface area contributed by atoms with Crippen LogP contribution in [0.25, 0.3) is 44.1 Å². The third-order valence-electron chi connectivity index (χ3n) is 9.09. The molecule has 0 bridgehead atoms. The van der Waals surface area contributed by atoms with Crippen molar-refractivity contribution in [2.75, 3.05) is 0 Å². The molecular formula is C48H31EuF9N2O6S3. The van der Waals surface area contributed by atoms with Gasteiger partial charge in [0, 0.05) is 72.5 Å². The monoisotopic (exact) mass is 1150 g/mol. The predicted molar refractivity (Wildman–Crippen MR) is 241 cm³/mol. The molecule has 0 saturated carbocycles. The SMILES string of the molecule is O=C(CC(=O)C(F)(F)F)c1cccs1.O=C(CC(=O)C(F)(F)F)c1cccs1.O=C(CC(=O)C(F)(F)F)c1cccs1.[Eu].c1ccc(-c2ccnc3c2ccc2c(-c4ccccc4)ccnc23)cc1. The third kappa shape index (κ3) is 16.3. The molecule has 0 saturated heterocycles. The first-order valence-electron chi connectivity index (χ1n) is 19.4. The standard InChI is InChI=1S/C24H16N2.3C8H5F3O2S.Eu/c1-3-7-17(8-4-1)19-13-15-25-23-21(19)11-12-22-20(14-16-26-24(22)23)18-9-5-2-6-10-18;3*9-8(10,11)7(13)4-5(12)6-2-1-3-14-6;/h1-16H;3*1-3H,4H2;. The maximum absolute atomic E-state index is 11.8. The number of ketones is 6. The van der Waals surface area contributed by atoms with Gasteiger partial charge >= 0.3 is 18.5 Å². The fraction of sp³-hybridized carbons (Fsp3) is 0.125. The number of alkyl halides is 9. The number of nitrogens with zero attached hydrogens (tertiary/aromatic N) is 2. The van der Waals surface area contributed by atoms with E-state index >= 15 is 0 Å². The molecule has 8 rings (SSSR count). The van der Waals surface area contributed by atoms with Gasteiger partial charge in [0.2, 0.25) is 17.3 Å². The molecule has 0 amide bonds. The average molecular weight is 1150 g/mol. The van der Waals surface area contributed by atoms with E-state index in [-0.39, 0.29) is 64.0 Å². The molecule has 0 aliphatic heterocycles. The van der Waals surface area contributed by atoms with Gasteiger partial charge in [-0.2, -0.15) is 39.5 Å². The van der Waals surface area contributed by atoms with Gasteiger partial charge in [0.15, 0.2) is 17.3 Å². The molecule has 0 N–H and O–H groups in total. The average Bonchev–Trinajstić information content (AvgIpc) is 4.15. The van der Waals surface area contributed by atoms with E-state index in [1.807, 2.05) is 24.5 Å². The van der Waals surface area contributed by atoms with Crippen LogP contribution in [0.1, 0.15) is 48.3 Å². The van der Waals surface area contributed by atoms with Crippen LogP contribution in [0, 0.1) is 49.4 Å². The molecule has 0 aliphatic rings. The summed E-state index contributed by atoms with van der Waals surface area (Å²) < 4.78 is 106. The van der Waals surface area contributed by atoms with Crippen molar-refractivity contribution < 1.29 is 118 Å². The molecular weight excluding hydrogens is 1120 g/mol. The molecule has 1 radical (unpaired) electrons. The number of aromatic nitrogens is 2. The number of benzene rings is 3. The first-order valence-corrected chi connectivity index (χ1v) is 22.1. The van der Waals surface area contributed by atoms with Crippen molar-refractivity contribution in [1.82, 2.24) is 9.97 Å². The summed E-state index contributed by atoms with van der Waals surface area (Å²) >= 11 is 3.04. The zero-order valence-corrected chi connectivity index (χ0v) is 39.8. The summed E-state index contributed by atoms with van der Waals surface area (Å²) in [6, 6.07) is 38.1. The van der Waals surface area contributed by atoms with Crippen molar-refractivity contribution in [3.63, 3.8) is 0 Å². The normalized spacial score (nSPS) is 11.1. The Morgan fingerprint density at radius 3 is 0.928 bits per heavy atom. The Morgan fingerprint density at radius 1 is 0.391 bits per heavy atom. The van der Waals surface area contributed by atoms with Crippen molar-refractivity contribution in [1.29, 1.82) is 0 Å². The molecule has 0 spiro atoms. The van der Waals surface area contributed by atoms with E-state index < -0.39 is 72.5 Å². The maximum atomic E-state index is 11.8. The smallest absolute Gasteiger partial charge is 0.293 e. The van der Waals surface area contributed by atoms with E-state index in [1.165, 1.54) is 58.7 Å². The van der Waals surface area contributed by atoms with Crippen LogP contribution in [0.15, 0.2) is 150 Å². The summed E-state index contributed by atoms with van der Waals surface area (Å²) in [5.41, 5.74) is 6.65. The molecule has 0 aliphatic carbocycles. The van der Waals surface area contributed by atoms with Crippen LogP contribution in [0.4, 0.5) is 39.5 Å². The van der Waals surface area contributed by atoms with Crippen molar-refractivity contribution in [2.45, 2.75) is 37.8 Å². The largest absolute Gasteiger partial charge is 0.450 e. The number of fused-ring (bicyclic) bond motifs is 3. The quantitative estimate of drug-likeness (QED) is 0.0542. The Kier molecular flexibility index (Phi) is 20.7. The second-order valence-electron chi connectivity index (χ2n) is 13.8. The first kappa shape index (κ1) is 56.1. The number of hydrogen-bond donors (Lipinski definition) is 0. The number of pyridine rings is 2. The number of rotatable bonds is 11. The first-order chi connectivity index (χ1) is 32.1. The molecule has 0 unspecified atom stereocenters. The van der Waals surface area contributed by atoms with Crippen molar-refractivity contribution >= 4 is 90.5 Å². The Labute approximate surface area is 438 Å². The summed E-state index contributed by atoms with van der Waals surface area (Å²) in [4.78, 5) is 74.3. The van der Waals surface area contributed by atoms with Crippen molar-refractivity contribution in [3.05, 3.63) is 164 Å². The molecule has 0 atom stereocenters. The van der Waals surface area contributed by atoms with E-state index in [0.717, 1.165) is 55.8 Å². The number of carbonyl (C=O) groups is 6. The number of hydrogen-bond acceptors (Lipinski definition) is 11. The molecule has 5 aromatic heterocycles. The van der Waals surface area contributed by atoms with Gasteiger partial charge in [-0.05, 0) is 68.7 Å². The van der Waals surface area contributed by atoms with E-state index in [1.54, 1.807) is 16.1 Å². The summed E-state index contributed by atoms with van der Waals surface area (Å²) in [6.07, 6.45) is -14.3. The Hall–Kier alpha value is -5.45. The summed E-state index contributed by atoms with van der Waals surface area (Å²) in [5, 5.41) is 6.94. The van der Waals surface area contributed by atoms with Crippen LogP contribution < -0.4 is 0 Å². The number of halogens is 9. The Morgan fingerprint density at radius 2 is 0.681 bits per heavy atom. The third-order valence-corrected chi connectivity index (χ3v) is 11.8. The van der Waals surface area contributed by atoms with Crippen LogP contribution in [-0.4, -0.2) is 63.2 Å². The minimum absolute atomic E-state index is 0. The molecule has 8 nitrogen and oxygen atoms in total. The maximum Gasteiger partial charge on any atom is 0.450 e. The Bertz CT molecular complexity index is 2730. The molecule has 357 valence electrons. The van der Waals surface area contributed by atoms with Crippen LogP contribution in [0.5, 0.6) is 0 Å². The van der Waals surface area contributed by atoms with Gasteiger partial charge in [-0.1, -0.05) is 91.0 Å². The molecule has 8 aromatic rings. The van der Waals surface area contributed by atoms with Crippen LogP contribution in [0.3, 0.4) is 0 Å². The van der Waals surface area contributed by atoms with Gasteiger partial charge < -0.3 is 0 Å². The summed E-state index contributed by atoms with van der Waals surface area (Å²) in [6.45, 7) is 0. The molecule has 69 heavy (non-hydrogen) atoms. The van der Waals surface area contributed by atoms with Gasteiger partial charge in [-0.3, -0.25) is 38.7 Å². The van der Waals surface area contributed by atoms with Crippen LogP contribution >= 0.6 is 34.0 Å². The summed E-state index contributed by atoms with van der Waals surface area (Å²) in [7, 11) is 0. The topological polar surface area (TPSA) is 128 Å². The van der Waals surface area contributed by atoms with E-state index in [9.17, 15) is 68.3 Å². The van der Waals surface area contributed by atoms with Crippen LogP contribution in [-0.2, 0) is 14.4 Å². The number of thiophene rings is 3. The van der Waals surface area contributed by atoms with Gasteiger partial charge in [0.05, 0.1) is 44.9 Å². The number of carbonyl (C=O) groups excluding carboxylic acids is 6. The molecule has 0 fully saturated rings. The van der Waals surface area contributed by atoms with Gasteiger partial charge in [-0.25, -0.2) is 0 Å². The van der Waals surface area contributed by atoms with Crippen LogP contribution in [0.2, 0.25) is 0 Å². The molecule has 5 heterocycles. The second-order valence-corrected chi connectivity index (χ2v) is 16.6. The zero-order chi connectivity index (χ0) is 49.6. The molecule has 3 aromatic carbocycles. The fourth-order valence-corrected chi connectivity index (χ4v) is 7.87. The zero-order valence-electron chi connectivity index (χ0n) is 34.9. The van der Waals surface area contributed by atoms with E-state index in [4.69, 9.17) is 0 Å². The van der Waals surface area contributed by atoms with E-state index in [0.29, 0.717) is 0 Å². The van der Waals surface area contributed by atoms with Crippen molar-refractivity contribution in [3.8, 4) is 22.3 Å². The summed E-state index contributed by atoms with van der Waals surface area (Å²) in [5.74, 6) is -8.38. The fourth-order valence-electron chi connectivity index (χ4n) is 5.88. The van der Waals surface area contributed by atoms with Crippen molar-refractivity contribution in [2.24, 2.45) is 0 Å². The minimum Gasteiger partial charge on any atom is -0.293 e. The second kappa shape index (κ2) is 25.4. The molecule has 21 heteroatoms. The van der Waals surface area contributed by atoms with E-state index in [2.05, 4.69) is 82.8 Å². The minimum atomic E-state index is -4.92. The van der Waals surface area contributed by atoms with Gasteiger partial charge in [-0.15, -0.1) is 34.0 Å². The predicted octanol–water partition coefficient (Wildman–Crippen LogP) is 13.5. The van der Waals surface area contributed by atoms with Gasteiger partial charge in [0.1, 0.15) is 0 Å². The van der Waals surface area contributed by atoms with Gasteiger partial charge in [0.25, 0.3) is 0 Å². The number of Topliss-reactive ketones (excluding diaryl/α,β-unsaturated/α-hetero) is 6. The Balaban J connectivity index is 0.000000210.